The number of aliphatic carboxylic acids is 1. The summed E-state index contributed by atoms with van der Waals surface area (Å²) in [6.45, 7) is 0.236. The summed E-state index contributed by atoms with van der Waals surface area (Å²) >= 11 is 1.15. The molecule has 1 aromatic carbocycles. The summed E-state index contributed by atoms with van der Waals surface area (Å²) in [4.78, 5) is 35.9. The molecule has 0 amide bonds. The van der Waals surface area contributed by atoms with E-state index in [9.17, 15) is 28.6 Å². The van der Waals surface area contributed by atoms with E-state index in [1.54, 1.807) is 5.38 Å². The van der Waals surface area contributed by atoms with E-state index in [-0.39, 0.29) is 49.6 Å². The first kappa shape index (κ1) is 31.0. The van der Waals surface area contributed by atoms with Gasteiger partial charge in [0.25, 0.3) is 5.92 Å². The summed E-state index contributed by atoms with van der Waals surface area (Å²) < 4.78 is 79.0. The number of fused-ring (bicyclic) bond motifs is 1. The highest BCUT2D eigenvalue weighted by Gasteiger charge is 2.59. The van der Waals surface area contributed by atoms with Crippen LogP contribution in [0.1, 0.15) is 36.4 Å². The first-order chi connectivity index (χ1) is 20.2. The molecule has 0 spiro atoms. The summed E-state index contributed by atoms with van der Waals surface area (Å²) in [6, 6.07) is -1.89. The highest BCUT2D eigenvalue weighted by Crippen LogP contribution is 2.43. The van der Waals surface area contributed by atoms with Gasteiger partial charge in [-0.05, 0) is 25.8 Å². The highest BCUT2D eigenvalue weighted by molar-refractivity contribution is 7.11. The van der Waals surface area contributed by atoms with Gasteiger partial charge in [0.1, 0.15) is 6.04 Å². The third-order valence-corrected chi connectivity index (χ3v) is 8.80. The molecule has 0 aliphatic carbocycles. The number of aliphatic imine (C=N–C) groups is 1. The number of benzene rings is 1. The summed E-state index contributed by atoms with van der Waals surface area (Å²) in [5.41, 5.74) is -2.78. The van der Waals surface area contributed by atoms with E-state index < -0.39 is 71.1 Å². The number of nitrogens with zero attached hydrogens (tertiary/aromatic N) is 4. The molecule has 3 aliphatic heterocycles. The molecule has 3 aliphatic rings. The lowest BCUT2D eigenvalue weighted by atomic mass is 9.94. The van der Waals surface area contributed by atoms with E-state index >= 15 is 13.2 Å². The van der Waals surface area contributed by atoms with Crippen LogP contribution in [0.2, 0.25) is 0 Å². The number of carbonyl (C=O) groups is 2. The van der Waals surface area contributed by atoms with Crippen molar-refractivity contribution in [1.82, 2.24) is 20.1 Å². The van der Waals surface area contributed by atoms with Gasteiger partial charge in [-0.15, -0.1) is 11.3 Å². The number of aliphatic hydroxyl groups is 1. The Bertz CT molecular complexity index is 1480. The third-order valence-electron chi connectivity index (χ3n) is 8.02. The van der Waals surface area contributed by atoms with Crippen LogP contribution in [0.3, 0.4) is 0 Å². The molecule has 0 saturated carbocycles. The molecule has 232 valence electrons. The molecule has 2 saturated heterocycles. The zero-order chi connectivity index (χ0) is 31.3. The summed E-state index contributed by atoms with van der Waals surface area (Å²) in [5.74, 6) is -10.4. The second-order valence-corrected chi connectivity index (χ2v) is 11.7. The monoisotopic (exact) mass is 629 g/mol. The smallest absolute Gasteiger partial charge is 0.338 e. The Balaban J connectivity index is 1.51. The van der Waals surface area contributed by atoms with Crippen LogP contribution >= 0.6 is 11.3 Å². The number of carboxylic acid groups (broad SMARTS) is 1. The number of aromatic nitrogens is 1. The lowest BCUT2D eigenvalue weighted by Gasteiger charge is -2.31. The topological polar surface area (TPSA) is 128 Å². The highest BCUT2D eigenvalue weighted by atomic mass is 32.1. The number of alkyl halides is 2. The van der Waals surface area contributed by atoms with Crippen molar-refractivity contribution in [2.24, 2.45) is 4.99 Å². The summed E-state index contributed by atoms with van der Waals surface area (Å²) in [5, 5.41) is 24.2. The molecule has 1 aromatic heterocycles. The number of carboxylic acids is 1. The van der Waals surface area contributed by atoms with Crippen molar-refractivity contribution in [3.8, 4) is 0 Å². The molecule has 16 heteroatoms. The van der Waals surface area contributed by atoms with Crippen LogP contribution in [0, 0.1) is 17.5 Å². The molecule has 2 fully saturated rings. The maximum atomic E-state index is 15.5. The van der Waals surface area contributed by atoms with Gasteiger partial charge in [-0.2, -0.15) is 0 Å². The average Bonchev–Trinajstić information content (AvgIpc) is 3.69. The predicted molar refractivity (Wildman–Crippen MR) is 143 cm³/mol. The molecular formula is C27H28F5N5O5S. The summed E-state index contributed by atoms with van der Waals surface area (Å²) in [7, 11) is 1.06. The molecule has 4 atom stereocenters. The minimum absolute atomic E-state index is 0.0462. The number of likely N-dealkylation sites (tertiary alicyclic amines) is 2. The van der Waals surface area contributed by atoms with Gasteiger partial charge in [0.15, 0.2) is 33.9 Å². The largest absolute Gasteiger partial charge is 0.479 e. The lowest BCUT2D eigenvalue weighted by molar-refractivity contribution is -0.157. The zero-order valence-electron chi connectivity index (χ0n) is 23.0. The maximum absolute atomic E-state index is 15.5. The molecule has 43 heavy (non-hydrogen) atoms. The fourth-order valence-corrected chi connectivity index (χ4v) is 6.43. The van der Waals surface area contributed by atoms with Crippen molar-refractivity contribution in [3.63, 3.8) is 0 Å². The number of methoxy groups -OCH3 is 1. The van der Waals surface area contributed by atoms with E-state index in [1.165, 1.54) is 16.0 Å². The molecule has 2 aromatic rings. The minimum Gasteiger partial charge on any atom is -0.479 e. The molecule has 3 N–H and O–H groups in total. The fraction of sp³-hybridized carbons (Fsp3) is 0.481. The number of amidine groups is 1. The number of hydrogen-bond acceptors (Lipinski definition) is 10. The van der Waals surface area contributed by atoms with Gasteiger partial charge in [-0.3, -0.25) is 14.8 Å². The van der Waals surface area contributed by atoms with Crippen molar-refractivity contribution in [1.29, 1.82) is 0 Å². The second-order valence-electron chi connectivity index (χ2n) is 10.8. The molecule has 0 bridgehead atoms. The van der Waals surface area contributed by atoms with Crippen LogP contribution < -0.4 is 5.32 Å². The number of hydrogen-bond donors (Lipinski definition) is 3. The molecular weight excluding hydrogens is 601 g/mol. The van der Waals surface area contributed by atoms with Gasteiger partial charge >= 0.3 is 11.9 Å². The van der Waals surface area contributed by atoms with Crippen LogP contribution in [0.15, 0.2) is 40.0 Å². The molecule has 5 rings (SSSR count). The van der Waals surface area contributed by atoms with Gasteiger partial charge in [0.2, 0.25) is 0 Å². The van der Waals surface area contributed by atoms with Crippen LogP contribution in [0.4, 0.5) is 22.0 Å². The van der Waals surface area contributed by atoms with Gasteiger partial charge in [0, 0.05) is 48.5 Å². The van der Waals surface area contributed by atoms with E-state index in [0.717, 1.165) is 31.4 Å². The summed E-state index contributed by atoms with van der Waals surface area (Å²) in [6.07, 6.45) is 1.48. The molecule has 0 unspecified atom stereocenters. The Morgan fingerprint density at radius 3 is 2.63 bits per heavy atom. The molecule has 4 heterocycles. The van der Waals surface area contributed by atoms with Crippen molar-refractivity contribution < 1.29 is 46.5 Å². The van der Waals surface area contributed by atoms with E-state index in [1.807, 2.05) is 0 Å². The number of ether oxygens (including phenoxy) is 1. The van der Waals surface area contributed by atoms with Gasteiger partial charge < -0.3 is 20.3 Å². The number of thiazole rings is 1. The Hall–Kier alpha value is -3.47. The van der Waals surface area contributed by atoms with Crippen molar-refractivity contribution in [3.05, 3.63) is 63.0 Å². The SMILES string of the molecule is COC(=O)C1=C(CN2CC(F)(F)[C@H]3[C@@H]2CCN3CC[C@](C)(O)C(=O)O)NC(c2nccs2)=N[C@H]1c1ccc(F)c(F)c1F. The van der Waals surface area contributed by atoms with Gasteiger partial charge in [-0.25, -0.2) is 36.5 Å². The quantitative estimate of drug-likeness (QED) is 0.218. The van der Waals surface area contributed by atoms with Crippen LogP contribution in [-0.2, 0) is 14.3 Å². The third kappa shape index (κ3) is 5.75. The number of carbonyl (C=O) groups excluding carboxylic acids is 1. The van der Waals surface area contributed by atoms with E-state index in [4.69, 9.17) is 4.74 Å². The van der Waals surface area contributed by atoms with Crippen LogP contribution in [0.5, 0.6) is 0 Å². The van der Waals surface area contributed by atoms with E-state index in [0.29, 0.717) is 11.1 Å². The van der Waals surface area contributed by atoms with Crippen LogP contribution in [-0.4, -0.2) is 99.7 Å². The Morgan fingerprint density at radius 2 is 1.98 bits per heavy atom. The number of rotatable bonds is 9. The second kappa shape index (κ2) is 11.6. The Morgan fingerprint density at radius 1 is 1.23 bits per heavy atom. The number of halogens is 5. The first-order valence-electron chi connectivity index (χ1n) is 13.3. The Kier molecular flexibility index (Phi) is 8.32. The van der Waals surface area contributed by atoms with Gasteiger partial charge in [-0.1, -0.05) is 6.07 Å². The normalized spacial score (nSPS) is 25.2. The van der Waals surface area contributed by atoms with Crippen molar-refractivity contribution in [2.75, 3.05) is 33.3 Å². The zero-order valence-corrected chi connectivity index (χ0v) is 23.8. The first-order valence-corrected chi connectivity index (χ1v) is 14.1. The molecule has 10 nitrogen and oxygen atoms in total. The number of nitrogens with one attached hydrogen (secondary N) is 1. The van der Waals surface area contributed by atoms with E-state index in [2.05, 4.69) is 15.3 Å². The fourth-order valence-electron chi connectivity index (χ4n) is 5.84. The molecule has 0 radical (unpaired) electrons. The van der Waals surface area contributed by atoms with Crippen molar-refractivity contribution >= 4 is 29.1 Å². The minimum atomic E-state index is -3.24. The van der Waals surface area contributed by atoms with Crippen molar-refractivity contribution in [2.45, 2.75) is 49.4 Å². The standard InChI is InChI=1S/C27H28F5N5O5S/c1-26(41,25(39)40)6-9-36-8-5-16-21(36)27(31,32)12-37(16)11-15-17(24(38)42-2)20(13-3-4-14(28)19(30)18(13)29)35-22(34-15)23-33-7-10-43-23/h3-4,7,10,16,20-21,41H,5-6,8-9,11-12H2,1-2H3,(H,34,35)(H,39,40)/t16-,20-,21+,26-/m0/s1. The lowest BCUT2D eigenvalue weighted by Crippen LogP contribution is -2.48. The average molecular weight is 630 g/mol. The Labute approximate surface area is 246 Å². The number of esters is 1. The predicted octanol–water partition coefficient (Wildman–Crippen LogP) is 2.70. The van der Waals surface area contributed by atoms with Gasteiger partial charge in [0.05, 0.1) is 25.3 Å². The van der Waals surface area contributed by atoms with Crippen LogP contribution in [0.25, 0.3) is 0 Å². The maximum Gasteiger partial charge on any atom is 0.338 e.